The van der Waals surface area contributed by atoms with E-state index in [4.69, 9.17) is 5.73 Å². The van der Waals surface area contributed by atoms with Crippen molar-refractivity contribution in [3.05, 3.63) is 35.9 Å². The summed E-state index contributed by atoms with van der Waals surface area (Å²) in [5.41, 5.74) is 7.50. The third-order valence-electron chi connectivity index (χ3n) is 3.70. The molecule has 17 heavy (non-hydrogen) atoms. The normalized spacial score (nSPS) is 13.1. The van der Waals surface area contributed by atoms with Gasteiger partial charge in [0.1, 0.15) is 0 Å². The maximum absolute atomic E-state index is 6.23. The van der Waals surface area contributed by atoms with Crippen molar-refractivity contribution in [1.29, 1.82) is 0 Å². The Bertz CT molecular complexity index is 336. The van der Waals surface area contributed by atoms with Crippen molar-refractivity contribution in [1.82, 2.24) is 4.90 Å². The fraction of sp³-hybridized carbons (Fsp3) is 0.600. The molecule has 0 atom stereocenters. The summed E-state index contributed by atoms with van der Waals surface area (Å²) >= 11 is 0. The van der Waals surface area contributed by atoms with E-state index in [1.54, 1.807) is 0 Å². The number of rotatable bonds is 5. The van der Waals surface area contributed by atoms with E-state index >= 15 is 0 Å². The lowest BCUT2D eigenvalue weighted by molar-refractivity contribution is 0.126. The van der Waals surface area contributed by atoms with Crippen LogP contribution in [0.2, 0.25) is 0 Å². The summed E-state index contributed by atoms with van der Waals surface area (Å²) in [6.45, 7) is 10.6. The van der Waals surface area contributed by atoms with Crippen LogP contribution in [0.4, 0.5) is 0 Å². The summed E-state index contributed by atoms with van der Waals surface area (Å²) in [5.74, 6) is 0. The molecule has 2 heteroatoms. The minimum atomic E-state index is -0.169. The second-order valence-corrected chi connectivity index (χ2v) is 6.26. The van der Waals surface area contributed by atoms with Gasteiger partial charge < -0.3 is 10.6 Å². The SMILES string of the molecule is CN(Cc1ccccc1)CC(C)(C)C(C)(C)N. The van der Waals surface area contributed by atoms with Crippen LogP contribution < -0.4 is 5.73 Å². The van der Waals surface area contributed by atoms with Crippen LogP contribution in [0.1, 0.15) is 33.3 Å². The zero-order valence-electron chi connectivity index (χ0n) is 11.8. The van der Waals surface area contributed by atoms with E-state index in [-0.39, 0.29) is 11.0 Å². The highest BCUT2D eigenvalue weighted by Crippen LogP contribution is 2.29. The Kier molecular flexibility index (Phi) is 4.34. The molecule has 0 aliphatic rings. The van der Waals surface area contributed by atoms with E-state index in [0.29, 0.717) is 0 Å². The molecule has 2 nitrogen and oxygen atoms in total. The van der Waals surface area contributed by atoms with Crippen LogP contribution in [0, 0.1) is 5.41 Å². The summed E-state index contributed by atoms with van der Waals surface area (Å²) < 4.78 is 0. The monoisotopic (exact) mass is 234 g/mol. The van der Waals surface area contributed by atoms with Gasteiger partial charge in [-0.15, -0.1) is 0 Å². The van der Waals surface area contributed by atoms with Gasteiger partial charge in [0, 0.05) is 18.6 Å². The fourth-order valence-corrected chi connectivity index (χ4v) is 1.83. The van der Waals surface area contributed by atoms with E-state index in [0.717, 1.165) is 13.1 Å². The fourth-order valence-electron chi connectivity index (χ4n) is 1.83. The largest absolute Gasteiger partial charge is 0.325 e. The Hall–Kier alpha value is -0.860. The first kappa shape index (κ1) is 14.2. The lowest BCUT2D eigenvalue weighted by atomic mass is 9.75. The van der Waals surface area contributed by atoms with Crippen LogP contribution in [-0.2, 0) is 6.54 Å². The Morgan fingerprint density at radius 2 is 1.59 bits per heavy atom. The third kappa shape index (κ3) is 4.14. The molecule has 2 N–H and O–H groups in total. The average molecular weight is 234 g/mol. The Morgan fingerprint density at radius 3 is 2.06 bits per heavy atom. The van der Waals surface area contributed by atoms with Crippen molar-refractivity contribution in [3.8, 4) is 0 Å². The van der Waals surface area contributed by atoms with Gasteiger partial charge in [-0.05, 0) is 31.9 Å². The van der Waals surface area contributed by atoms with E-state index in [2.05, 4.69) is 70.0 Å². The van der Waals surface area contributed by atoms with Crippen LogP contribution in [0.3, 0.4) is 0 Å². The predicted molar refractivity (Wildman–Crippen MR) is 74.8 cm³/mol. The quantitative estimate of drug-likeness (QED) is 0.849. The second kappa shape index (κ2) is 5.19. The molecule has 0 bridgehead atoms. The van der Waals surface area contributed by atoms with E-state index < -0.39 is 0 Å². The zero-order chi connectivity index (χ0) is 13.1. The van der Waals surface area contributed by atoms with Crippen molar-refractivity contribution < 1.29 is 0 Å². The first-order chi connectivity index (χ1) is 7.72. The molecule has 1 aromatic rings. The van der Waals surface area contributed by atoms with Crippen molar-refractivity contribution in [3.63, 3.8) is 0 Å². The molecule has 96 valence electrons. The maximum Gasteiger partial charge on any atom is 0.0230 e. The van der Waals surface area contributed by atoms with Gasteiger partial charge in [-0.25, -0.2) is 0 Å². The van der Waals surface area contributed by atoms with Crippen molar-refractivity contribution >= 4 is 0 Å². The standard InChI is InChI=1S/C15H26N2/c1-14(2,15(3,4)16)12-17(5)11-13-9-7-6-8-10-13/h6-10H,11-12,16H2,1-5H3. The van der Waals surface area contributed by atoms with Gasteiger partial charge in [0.15, 0.2) is 0 Å². The minimum Gasteiger partial charge on any atom is -0.325 e. The van der Waals surface area contributed by atoms with Gasteiger partial charge in [0.05, 0.1) is 0 Å². The highest BCUT2D eigenvalue weighted by Gasteiger charge is 2.34. The van der Waals surface area contributed by atoms with Crippen LogP contribution in [0.5, 0.6) is 0 Å². The lowest BCUT2D eigenvalue weighted by Crippen LogP contribution is -2.52. The minimum absolute atomic E-state index is 0.0938. The molecule has 0 saturated carbocycles. The molecule has 0 aliphatic heterocycles. The smallest absolute Gasteiger partial charge is 0.0230 e. The van der Waals surface area contributed by atoms with Crippen LogP contribution >= 0.6 is 0 Å². The van der Waals surface area contributed by atoms with E-state index in [1.165, 1.54) is 5.56 Å². The summed E-state index contributed by atoms with van der Waals surface area (Å²) in [6, 6.07) is 10.5. The Labute approximate surface area is 106 Å². The Morgan fingerprint density at radius 1 is 1.06 bits per heavy atom. The van der Waals surface area contributed by atoms with Crippen LogP contribution in [0.25, 0.3) is 0 Å². The average Bonchev–Trinajstić information content (AvgIpc) is 2.16. The topological polar surface area (TPSA) is 29.3 Å². The molecule has 1 rings (SSSR count). The van der Waals surface area contributed by atoms with Crippen molar-refractivity contribution in [2.24, 2.45) is 11.1 Å². The number of hydrogen-bond donors (Lipinski definition) is 1. The third-order valence-corrected chi connectivity index (χ3v) is 3.70. The predicted octanol–water partition coefficient (Wildman–Crippen LogP) is 2.88. The molecular formula is C15H26N2. The number of nitrogens with two attached hydrogens (primary N) is 1. The molecule has 0 radical (unpaired) electrons. The first-order valence-electron chi connectivity index (χ1n) is 6.24. The zero-order valence-corrected chi connectivity index (χ0v) is 11.8. The van der Waals surface area contributed by atoms with E-state index in [1.807, 2.05) is 0 Å². The highest BCUT2D eigenvalue weighted by atomic mass is 15.1. The number of hydrogen-bond acceptors (Lipinski definition) is 2. The molecule has 0 unspecified atom stereocenters. The van der Waals surface area contributed by atoms with Crippen LogP contribution in [-0.4, -0.2) is 24.0 Å². The van der Waals surface area contributed by atoms with Gasteiger partial charge in [-0.3, -0.25) is 0 Å². The van der Waals surface area contributed by atoms with Gasteiger partial charge in [-0.1, -0.05) is 44.2 Å². The lowest BCUT2D eigenvalue weighted by Gasteiger charge is -2.41. The summed E-state index contributed by atoms with van der Waals surface area (Å²) in [4.78, 5) is 2.34. The molecule has 0 aliphatic carbocycles. The van der Waals surface area contributed by atoms with Gasteiger partial charge in [-0.2, -0.15) is 0 Å². The summed E-state index contributed by atoms with van der Waals surface area (Å²) in [7, 11) is 2.15. The number of nitrogens with zero attached hydrogens (tertiary/aromatic N) is 1. The molecular weight excluding hydrogens is 208 g/mol. The first-order valence-corrected chi connectivity index (χ1v) is 6.24. The molecule has 0 heterocycles. The molecule has 0 saturated heterocycles. The van der Waals surface area contributed by atoms with Gasteiger partial charge in [0.25, 0.3) is 0 Å². The summed E-state index contributed by atoms with van der Waals surface area (Å²) in [6.07, 6.45) is 0. The summed E-state index contributed by atoms with van der Waals surface area (Å²) in [5, 5.41) is 0. The van der Waals surface area contributed by atoms with E-state index in [9.17, 15) is 0 Å². The van der Waals surface area contributed by atoms with Crippen LogP contribution in [0.15, 0.2) is 30.3 Å². The molecule has 0 amide bonds. The Balaban J connectivity index is 2.59. The number of benzene rings is 1. The molecule has 1 aromatic carbocycles. The second-order valence-electron chi connectivity index (χ2n) is 6.26. The highest BCUT2D eigenvalue weighted by molar-refractivity contribution is 5.14. The van der Waals surface area contributed by atoms with Gasteiger partial charge >= 0.3 is 0 Å². The van der Waals surface area contributed by atoms with Crippen molar-refractivity contribution in [2.45, 2.75) is 39.8 Å². The van der Waals surface area contributed by atoms with Crippen molar-refractivity contribution in [2.75, 3.05) is 13.6 Å². The molecule has 0 fully saturated rings. The maximum atomic E-state index is 6.23. The molecule has 0 spiro atoms. The van der Waals surface area contributed by atoms with Gasteiger partial charge in [0.2, 0.25) is 0 Å². The molecule has 0 aromatic heterocycles.